The van der Waals surface area contributed by atoms with Gasteiger partial charge < -0.3 is 21.1 Å². The number of aromatic nitrogens is 2. The molecule has 17 heteroatoms. The number of aryl methyl sites for hydroxylation is 1. The minimum Gasteiger partial charge on any atom is -0.387 e. The lowest BCUT2D eigenvalue weighted by Crippen LogP contribution is -2.36. The summed E-state index contributed by atoms with van der Waals surface area (Å²) >= 11 is 6.12. The van der Waals surface area contributed by atoms with E-state index in [-0.39, 0.29) is 29.9 Å². The molecule has 232 valence electrons. The molecule has 0 aliphatic carbocycles. The van der Waals surface area contributed by atoms with E-state index in [0.717, 1.165) is 11.3 Å². The Morgan fingerprint density at radius 2 is 2.12 bits per heavy atom. The molecule has 2 aromatic rings. The highest BCUT2D eigenvalue weighted by molar-refractivity contribution is 6.32. The first-order valence-electron chi connectivity index (χ1n) is 12.6. The highest BCUT2D eigenvalue weighted by Gasteiger charge is 2.34. The number of amidine groups is 1. The molecule has 0 spiro atoms. The molecule has 13 nitrogen and oxygen atoms in total. The van der Waals surface area contributed by atoms with Crippen molar-refractivity contribution in [1.82, 2.24) is 20.2 Å². The highest BCUT2D eigenvalue weighted by Crippen LogP contribution is 2.22. The number of nitriles is 1. The number of halogens is 4. The molecule has 0 bridgehead atoms. The van der Waals surface area contributed by atoms with Crippen LogP contribution in [0.4, 0.5) is 18.9 Å². The summed E-state index contributed by atoms with van der Waals surface area (Å²) in [6, 6.07) is 6.66. The molecule has 1 amide bonds. The van der Waals surface area contributed by atoms with E-state index >= 15 is 0 Å². The van der Waals surface area contributed by atoms with E-state index in [1.54, 1.807) is 32.4 Å². The number of carbonyl (C=O) groups is 2. The molecule has 0 radical (unpaired) electrons. The van der Waals surface area contributed by atoms with Gasteiger partial charge in [-0.05, 0) is 44.0 Å². The van der Waals surface area contributed by atoms with E-state index in [0.29, 0.717) is 41.4 Å². The molecular formula is C26H32ClF3N10O3. The van der Waals surface area contributed by atoms with E-state index in [4.69, 9.17) is 33.2 Å². The van der Waals surface area contributed by atoms with Gasteiger partial charge in [-0.25, -0.2) is 20.6 Å². The van der Waals surface area contributed by atoms with Crippen molar-refractivity contribution in [2.45, 2.75) is 44.4 Å². The van der Waals surface area contributed by atoms with Crippen LogP contribution in [0, 0.1) is 18.3 Å². The molecule has 0 saturated carbocycles. The molecule has 3 rings (SSSR count). The predicted octanol–water partition coefficient (Wildman–Crippen LogP) is 2.65. The van der Waals surface area contributed by atoms with Gasteiger partial charge in [0, 0.05) is 32.1 Å². The normalized spacial score (nSPS) is 15.4. The Labute approximate surface area is 251 Å². The van der Waals surface area contributed by atoms with Crippen LogP contribution in [-0.2, 0) is 11.3 Å². The summed E-state index contributed by atoms with van der Waals surface area (Å²) in [5, 5.41) is 21.9. The molecule has 2 atom stereocenters. The van der Waals surface area contributed by atoms with E-state index in [1.165, 1.54) is 16.9 Å². The van der Waals surface area contributed by atoms with E-state index in [9.17, 15) is 22.8 Å². The van der Waals surface area contributed by atoms with Crippen LogP contribution in [0.1, 0.15) is 51.0 Å². The maximum Gasteiger partial charge on any atom is 0.450 e. The number of alkyl halides is 4. The molecule has 1 aromatic carbocycles. The van der Waals surface area contributed by atoms with Crippen LogP contribution >= 0.6 is 11.6 Å². The Morgan fingerprint density at radius 1 is 1.42 bits per heavy atom. The van der Waals surface area contributed by atoms with Crippen LogP contribution < -0.4 is 22.2 Å². The second-order valence-electron chi connectivity index (χ2n) is 9.15. The third-order valence-corrected chi connectivity index (χ3v) is 6.04. The number of aliphatic imine (C=N–C) groups is 1. The number of hydrogen-bond donors (Lipinski definition) is 4. The van der Waals surface area contributed by atoms with Crippen LogP contribution in [0.5, 0.6) is 0 Å². The zero-order chi connectivity index (χ0) is 32.3. The molecule has 2 unspecified atom stereocenters. The lowest BCUT2D eigenvalue weighted by atomic mass is 10.0. The van der Waals surface area contributed by atoms with E-state index < -0.39 is 17.4 Å². The van der Waals surface area contributed by atoms with Crippen LogP contribution in [0.25, 0.3) is 0 Å². The molecule has 1 aromatic heterocycles. The second-order valence-corrected chi connectivity index (χ2v) is 9.68. The SMILES string of the molecule is CNc1c(C)cc(C#N)cc1C(=O)NC(C)COC.N/C(=N\N(N)Cc1cc(C=O)n(C2=NC=CCC2Cl)n1)C(F)(F)F. The number of nitrogens with one attached hydrogen (secondary N) is 2. The molecular weight excluding hydrogens is 593 g/mol. The zero-order valence-electron chi connectivity index (χ0n) is 23.8. The fraction of sp³-hybridized carbons (Fsp3) is 0.385. The monoisotopic (exact) mass is 624 g/mol. The summed E-state index contributed by atoms with van der Waals surface area (Å²) in [4.78, 5) is 27.4. The minimum absolute atomic E-state index is 0.0896. The van der Waals surface area contributed by atoms with E-state index in [1.807, 2.05) is 13.8 Å². The van der Waals surface area contributed by atoms with Gasteiger partial charge in [-0.2, -0.15) is 23.5 Å². The van der Waals surface area contributed by atoms with Crippen molar-refractivity contribution >= 4 is 41.2 Å². The summed E-state index contributed by atoms with van der Waals surface area (Å²) < 4.78 is 43.1. The first kappa shape index (κ1) is 34.7. The van der Waals surface area contributed by atoms with Crippen molar-refractivity contribution in [3.05, 3.63) is 58.6 Å². The molecule has 43 heavy (non-hydrogen) atoms. The van der Waals surface area contributed by atoms with Crippen LogP contribution in [0.15, 0.2) is 40.6 Å². The Kier molecular flexibility index (Phi) is 12.7. The van der Waals surface area contributed by atoms with Gasteiger partial charge in [-0.3, -0.25) is 9.59 Å². The number of nitrogens with two attached hydrogens (primary N) is 2. The Hall–Kier alpha value is -4.46. The molecule has 0 saturated heterocycles. The van der Waals surface area contributed by atoms with Crippen molar-refractivity contribution in [3.8, 4) is 6.07 Å². The van der Waals surface area contributed by atoms with Crippen molar-refractivity contribution in [2.24, 2.45) is 21.7 Å². The molecule has 6 N–H and O–H groups in total. The summed E-state index contributed by atoms with van der Waals surface area (Å²) in [5.41, 5.74) is 7.65. The molecule has 1 aliphatic rings. The van der Waals surface area contributed by atoms with Crippen LogP contribution in [-0.4, -0.2) is 77.1 Å². The number of hydrazone groups is 1. The van der Waals surface area contributed by atoms with Crippen molar-refractivity contribution in [3.63, 3.8) is 0 Å². The number of rotatable bonds is 9. The molecule has 1 aliphatic heterocycles. The van der Waals surface area contributed by atoms with Gasteiger partial charge in [0.2, 0.25) is 5.84 Å². The molecule has 0 fully saturated rings. The summed E-state index contributed by atoms with van der Waals surface area (Å²) in [6.45, 7) is 3.86. The van der Waals surface area contributed by atoms with Crippen LogP contribution in [0.3, 0.4) is 0 Å². The number of methoxy groups -OCH3 is 1. The maximum atomic E-state index is 12.3. The Morgan fingerprint density at radius 3 is 2.67 bits per heavy atom. The number of ether oxygens (including phenoxy) is 1. The van der Waals surface area contributed by atoms with Gasteiger partial charge in [-0.1, -0.05) is 6.08 Å². The fourth-order valence-corrected chi connectivity index (χ4v) is 4.08. The summed E-state index contributed by atoms with van der Waals surface area (Å²) in [7, 11) is 3.34. The number of aldehydes is 1. The van der Waals surface area contributed by atoms with Crippen molar-refractivity contribution in [2.75, 3.05) is 26.1 Å². The Balaban J connectivity index is 0.000000309. The predicted molar refractivity (Wildman–Crippen MR) is 155 cm³/mol. The summed E-state index contributed by atoms with van der Waals surface area (Å²) in [5.74, 6) is 3.89. The third kappa shape index (κ3) is 9.81. The lowest BCUT2D eigenvalue weighted by molar-refractivity contribution is -0.0615. The number of nitrogens with zero attached hydrogens (tertiary/aromatic N) is 6. The largest absolute Gasteiger partial charge is 0.450 e. The Bertz CT molecular complexity index is 1430. The molecule has 2 heterocycles. The van der Waals surface area contributed by atoms with Crippen LogP contribution in [0.2, 0.25) is 0 Å². The number of hydrogen-bond acceptors (Lipinski definition) is 10. The number of allylic oxidation sites excluding steroid dienone is 1. The average Bonchev–Trinajstić information content (AvgIpc) is 3.34. The average molecular weight is 625 g/mol. The second kappa shape index (κ2) is 15.7. The number of carbonyl (C=O) groups excluding carboxylic acids is 2. The van der Waals surface area contributed by atoms with Gasteiger partial charge in [-0.15, -0.1) is 16.7 Å². The fourth-order valence-electron chi connectivity index (χ4n) is 3.83. The van der Waals surface area contributed by atoms with Gasteiger partial charge in [0.15, 0.2) is 6.29 Å². The van der Waals surface area contributed by atoms with Gasteiger partial charge in [0.05, 0.1) is 41.4 Å². The maximum absolute atomic E-state index is 12.3. The first-order chi connectivity index (χ1) is 20.2. The lowest BCUT2D eigenvalue weighted by Gasteiger charge is -2.16. The van der Waals surface area contributed by atoms with Gasteiger partial charge >= 0.3 is 6.18 Å². The quantitative estimate of drug-likeness (QED) is 0.0811. The highest BCUT2D eigenvalue weighted by atomic mass is 35.5. The topological polar surface area (TPSA) is 189 Å². The van der Waals surface area contributed by atoms with Crippen molar-refractivity contribution in [1.29, 1.82) is 5.26 Å². The zero-order valence-corrected chi connectivity index (χ0v) is 24.6. The number of anilines is 1. The first-order valence-corrected chi connectivity index (χ1v) is 13.1. The van der Waals surface area contributed by atoms with Gasteiger partial charge in [0.1, 0.15) is 11.5 Å². The van der Waals surface area contributed by atoms with E-state index in [2.05, 4.69) is 31.9 Å². The standard InChI is InChI=1S/C14H19N3O2.C12H13ClF3N7O/c1-9-5-11(7-15)6-12(13(9)16-3)14(18)17-10(2)8-19-4;13-9-2-1-3-19-10(9)23-8(6-24)4-7(20-23)5-22(18)21-11(17)12(14,15)16/h5-6,10,16H,8H2,1-4H3,(H,17,18);1,3-4,6,9H,2,5,18H2,(H2,17,21). The number of hydrazine groups is 1. The third-order valence-electron chi connectivity index (χ3n) is 5.66. The summed E-state index contributed by atoms with van der Waals surface area (Å²) in [6.07, 6.45) is -0.492. The minimum atomic E-state index is -4.79. The number of benzene rings is 1. The smallest absolute Gasteiger partial charge is 0.387 e. The van der Waals surface area contributed by atoms with Gasteiger partial charge in [0.25, 0.3) is 5.91 Å². The number of amides is 1. The van der Waals surface area contributed by atoms with Crippen molar-refractivity contribution < 1.29 is 27.5 Å².